The third-order valence-corrected chi connectivity index (χ3v) is 7.30. The lowest BCUT2D eigenvalue weighted by molar-refractivity contribution is 0.0981. The van der Waals surface area contributed by atoms with E-state index in [-0.39, 0.29) is 22.7 Å². The largest absolute Gasteiger partial charge is 0.493 e. The number of anilines is 1. The number of nitrogens with zero attached hydrogens (tertiary/aromatic N) is 3. The van der Waals surface area contributed by atoms with Crippen molar-refractivity contribution in [2.24, 2.45) is 5.92 Å². The molecule has 1 fully saturated rings. The van der Waals surface area contributed by atoms with Gasteiger partial charge in [0.25, 0.3) is 15.9 Å². The molecule has 0 aliphatic carbocycles. The summed E-state index contributed by atoms with van der Waals surface area (Å²) in [7, 11) is -4.09. The van der Waals surface area contributed by atoms with Crippen molar-refractivity contribution in [3.8, 4) is 17.0 Å². The van der Waals surface area contributed by atoms with Crippen LogP contribution in [0.3, 0.4) is 0 Å². The van der Waals surface area contributed by atoms with Gasteiger partial charge in [0.05, 0.1) is 24.1 Å². The van der Waals surface area contributed by atoms with E-state index >= 15 is 0 Å². The molecule has 1 aliphatic heterocycles. The van der Waals surface area contributed by atoms with Crippen molar-refractivity contribution in [1.82, 2.24) is 19.9 Å². The maximum Gasteiger partial charge on any atom is 0.281 e. The Hall–Kier alpha value is -3.40. The third kappa shape index (κ3) is 5.48. The van der Waals surface area contributed by atoms with Crippen LogP contribution in [0.5, 0.6) is 5.75 Å². The minimum absolute atomic E-state index is 0.162. The summed E-state index contributed by atoms with van der Waals surface area (Å²) in [6.45, 7) is 9.00. The van der Waals surface area contributed by atoms with Gasteiger partial charge in [-0.3, -0.25) is 9.89 Å². The molecule has 0 saturated carbocycles. The van der Waals surface area contributed by atoms with Gasteiger partial charge < -0.3 is 9.64 Å². The van der Waals surface area contributed by atoms with Gasteiger partial charge in [-0.2, -0.15) is 13.5 Å². The Kier molecular flexibility index (Phi) is 7.11. The van der Waals surface area contributed by atoms with E-state index < -0.39 is 15.9 Å². The zero-order valence-corrected chi connectivity index (χ0v) is 21.2. The number of benzene rings is 1. The summed E-state index contributed by atoms with van der Waals surface area (Å²) in [6, 6.07) is 12.6. The first kappa shape index (κ1) is 24.7. The van der Waals surface area contributed by atoms with Gasteiger partial charge in [0.2, 0.25) is 0 Å². The summed E-state index contributed by atoms with van der Waals surface area (Å²) in [5.74, 6) is 0.943. The lowest BCUT2D eigenvalue weighted by Crippen LogP contribution is -2.37. The molecule has 1 aliphatic rings. The number of hydrogen-bond donors (Lipinski definition) is 2. The fourth-order valence-corrected chi connectivity index (χ4v) is 5.08. The summed E-state index contributed by atoms with van der Waals surface area (Å²) in [5, 5.41) is 5.85. The highest BCUT2D eigenvalue weighted by atomic mass is 32.2. The Morgan fingerprint density at radius 3 is 2.40 bits per heavy atom. The molecule has 3 heterocycles. The van der Waals surface area contributed by atoms with E-state index in [9.17, 15) is 13.2 Å². The van der Waals surface area contributed by atoms with Crippen molar-refractivity contribution < 1.29 is 17.9 Å². The first-order valence-electron chi connectivity index (χ1n) is 11.7. The fourth-order valence-electron chi connectivity index (χ4n) is 4.21. The van der Waals surface area contributed by atoms with Crippen molar-refractivity contribution in [2.75, 3.05) is 11.5 Å². The standard InChI is InChI=1S/C25H31N5O4S/c1-16(2)15-34-20-9-7-19(8-10-20)22-12-11-21(24(27-22)30-17(3)5-6-18(30)4)25(31)29-35(32,33)23-13-14-26-28-23/h7-14,16-18H,5-6,15H2,1-4H3,(H,26,28)(H,29,31)/t17-,18+. The van der Waals surface area contributed by atoms with Crippen molar-refractivity contribution in [2.45, 2.75) is 57.6 Å². The van der Waals surface area contributed by atoms with Gasteiger partial charge in [-0.1, -0.05) is 13.8 Å². The lowest BCUT2D eigenvalue weighted by atomic mass is 10.1. The number of amides is 1. The van der Waals surface area contributed by atoms with Gasteiger partial charge >= 0.3 is 0 Å². The maximum absolute atomic E-state index is 13.2. The predicted molar refractivity (Wildman–Crippen MR) is 134 cm³/mol. The number of H-pyrrole nitrogens is 1. The number of carbonyl (C=O) groups is 1. The van der Waals surface area contributed by atoms with E-state index in [0.29, 0.717) is 24.0 Å². The number of hydrogen-bond acceptors (Lipinski definition) is 7. The molecule has 186 valence electrons. The Balaban J connectivity index is 1.68. The monoisotopic (exact) mass is 497 g/mol. The lowest BCUT2D eigenvalue weighted by Gasteiger charge is -2.29. The van der Waals surface area contributed by atoms with Crippen LogP contribution in [0, 0.1) is 5.92 Å². The Labute approximate surface area is 206 Å². The smallest absolute Gasteiger partial charge is 0.281 e. The van der Waals surface area contributed by atoms with E-state index in [0.717, 1.165) is 24.2 Å². The molecule has 0 bridgehead atoms. The molecule has 10 heteroatoms. The Bertz CT molecular complexity index is 1260. The molecular formula is C25H31N5O4S. The number of aromatic amines is 1. The number of aromatic nitrogens is 3. The highest BCUT2D eigenvalue weighted by Gasteiger charge is 2.33. The Morgan fingerprint density at radius 2 is 1.80 bits per heavy atom. The number of ether oxygens (including phenoxy) is 1. The van der Waals surface area contributed by atoms with E-state index in [1.165, 1.54) is 12.3 Å². The topological polar surface area (TPSA) is 117 Å². The fraction of sp³-hybridized carbons (Fsp3) is 0.400. The average molecular weight is 498 g/mol. The molecular weight excluding hydrogens is 466 g/mol. The molecule has 0 radical (unpaired) electrons. The summed E-state index contributed by atoms with van der Waals surface area (Å²) in [6.07, 6.45) is 3.23. The second-order valence-corrected chi connectivity index (χ2v) is 11.0. The van der Waals surface area contributed by atoms with Crippen LogP contribution >= 0.6 is 0 Å². The molecule has 4 rings (SSSR count). The number of rotatable bonds is 8. The van der Waals surface area contributed by atoms with Gasteiger partial charge in [0.15, 0.2) is 5.03 Å². The van der Waals surface area contributed by atoms with Crippen molar-refractivity contribution >= 4 is 21.7 Å². The first-order chi connectivity index (χ1) is 16.7. The minimum Gasteiger partial charge on any atom is -0.493 e. The molecule has 1 amide bonds. The van der Waals surface area contributed by atoms with Gasteiger partial charge in [0, 0.05) is 17.6 Å². The summed E-state index contributed by atoms with van der Waals surface area (Å²) in [4.78, 5) is 20.1. The molecule has 0 spiro atoms. The van der Waals surface area contributed by atoms with Crippen molar-refractivity contribution in [1.29, 1.82) is 0 Å². The molecule has 1 saturated heterocycles. The highest BCUT2D eigenvalue weighted by Crippen LogP contribution is 2.33. The number of carbonyl (C=O) groups excluding carboxylic acids is 1. The van der Waals surface area contributed by atoms with Gasteiger partial charge in [-0.25, -0.2) is 9.71 Å². The molecule has 3 aromatic rings. The summed E-state index contributed by atoms with van der Waals surface area (Å²) >= 11 is 0. The van der Waals surface area contributed by atoms with Gasteiger partial charge in [0.1, 0.15) is 11.6 Å². The van der Waals surface area contributed by atoms with Crippen molar-refractivity contribution in [3.63, 3.8) is 0 Å². The van der Waals surface area contributed by atoms with Crippen LogP contribution in [0.15, 0.2) is 53.7 Å². The SMILES string of the molecule is CC(C)COc1ccc(-c2ccc(C(=O)NS(=O)(=O)c3ccn[nH]3)c(N3[C@H](C)CC[C@@H]3C)n2)cc1. The van der Waals surface area contributed by atoms with Crippen LogP contribution in [0.2, 0.25) is 0 Å². The molecule has 0 unspecified atom stereocenters. The third-order valence-electron chi connectivity index (χ3n) is 6.04. The van der Waals surface area contributed by atoms with Crippen LogP contribution in [0.25, 0.3) is 11.3 Å². The minimum atomic E-state index is -4.09. The summed E-state index contributed by atoms with van der Waals surface area (Å²) in [5.41, 5.74) is 1.77. The number of nitrogens with one attached hydrogen (secondary N) is 2. The van der Waals surface area contributed by atoms with Gasteiger partial charge in [-0.15, -0.1) is 0 Å². The van der Waals surface area contributed by atoms with Crippen LogP contribution in [-0.2, 0) is 10.0 Å². The van der Waals surface area contributed by atoms with Crippen LogP contribution < -0.4 is 14.4 Å². The normalized spacial score (nSPS) is 18.1. The molecule has 2 aromatic heterocycles. The second-order valence-electron chi connectivity index (χ2n) is 9.34. The average Bonchev–Trinajstić information content (AvgIpc) is 3.48. The molecule has 2 atom stereocenters. The highest BCUT2D eigenvalue weighted by molar-refractivity contribution is 7.90. The van der Waals surface area contributed by atoms with E-state index in [4.69, 9.17) is 9.72 Å². The Morgan fingerprint density at radius 1 is 1.11 bits per heavy atom. The zero-order valence-electron chi connectivity index (χ0n) is 20.4. The zero-order chi connectivity index (χ0) is 25.2. The predicted octanol–water partition coefficient (Wildman–Crippen LogP) is 4.00. The molecule has 9 nitrogen and oxygen atoms in total. The van der Waals surface area contributed by atoms with E-state index in [2.05, 4.69) is 47.5 Å². The quantitative estimate of drug-likeness (QED) is 0.483. The number of sulfonamides is 1. The van der Waals surface area contributed by atoms with E-state index in [1.807, 2.05) is 24.3 Å². The van der Waals surface area contributed by atoms with Gasteiger partial charge in [-0.05, 0) is 75.1 Å². The number of pyridine rings is 1. The first-order valence-corrected chi connectivity index (χ1v) is 13.2. The van der Waals surface area contributed by atoms with Crippen LogP contribution in [0.4, 0.5) is 5.82 Å². The maximum atomic E-state index is 13.2. The molecule has 2 N–H and O–H groups in total. The summed E-state index contributed by atoms with van der Waals surface area (Å²) < 4.78 is 33.1. The van der Waals surface area contributed by atoms with Crippen LogP contribution in [-0.4, -0.2) is 48.2 Å². The second kappa shape index (κ2) is 10.1. The van der Waals surface area contributed by atoms with Crippen molar-refractivity contribution in [3.05, 3.63) is 54.2 Å². The molecule has 35 heavy (non-hydrogen) atoms. The molecule has 1 aromatic carbocycles. The van der Waals surface area contributed by atoms with E-state index in [1.54, 1.807) is 12.1 Å². The van der Waals surface area contributed by atoms with Crippen LogP contribution in [0.1, 0.15) is 50.9 Å².